The summed E-state index contributed by atoms with van der Waals surface area (Å²) in [7, 11) is 1.75. The van der Waals surface area contributed by atoms with Crippen LogP contribution in [-0.4, -0.2) is 27.0 Å². The topological polar surface area (TPSA) is 64.4 Å². The van der Waals surface area contributed by atoms with E-state index in [2.05, 4.69) is 5.10 Å². The van der Waals surface area contributed by atoms with Crippen molar-refractivity contribution in [2.45, 2.75) is 20.0 Å². The maximum atomic E-state index is 10.8. The molecule has 1 rings (SSSR count). The predicted molar refractivity (Wildman–Crippen MR) is 50.1 cm³/mol. The third-order valence-electron chi connectivity index (χ3n) is 1.79. The zero-order chi connectivity index (χ0) is 10.7. The zero-order valence-corrected chi connectivity index (χ0v) is 8.47. The Kier molecular flexibility index (Phi) is 3.11. The molecule has 0 saturated heterocycles. The van der Waals surface area contributed by atoms with Crippen molar-refractivity contribution in [3.05, 3.63) is 12.4 Å². The van der Waals surface area contributed by atoms with Gasteiger partial charge in [0.25, 0.3) is 0 Å². The molecule has 0 saturated carbocycles. The third kappa shape index (κ3) is 2.48. The van der Waals surface area contributed by atoms with E-state index in [1.165, 1.54) is 6.20 Å². The number of carboxylic acids is 1. The lowest BCUT2D eigenvalue weighted by Crippen LogP contribution is -2.32. The van der Waals surface area contributed by atoms with Crippen LogP contribution in [0, 0.1) is 5.92 Å². The van der Waals surface area contributed by atoms with Crippen LogP contribution in [0.1, 0.15) is 13.8 Å². The van der Waals surface area contributed by atoms with E-state index >= 15 is 0 Å². The maximum absolute atomic E-state index is 10.8. The summed E-state index contributed by atoms with van der Waals surface area (Å²) in [6.45, 7) is 3.60. The van der Waals surface area contributed by atoms with Crippen LogP contribution in [0.3, 0.4) is 0 Å². The van der Waals surface area contributed by atoms with Gasteiger partial charge in [0, 0.05) is 13.0 Å². The number of aliphatic carboxylic acids is 1. The van der Waals surface area contributed by atoms with Crippen LogP contribution in [0.4, 0.5) is 0 Å². The van der Waals surface area contributed by atoms with Crippen LogP contribution in [0.25, 0.3) is 0 Å². The average Bonchev–Trinajstić information content (AvgIpc) is 2.46. The number of aryl methyl sites for hydroxylation is 1. The van der Waals surface area contributed by atoms with Gasteiger partial charge in [0.2, 0.25) is 0 Å². The normalized spacial score (nSPS) is 12.9. The quantitative estimate of drug-likeness (QED) is 0.781. The molecule has 0 aliphatic heterocycles. The Labute approximate surface area is 82.3 Å². The van der Waals surface area contributed by atoms with Crippen molar-refractivity contribution < 1.29 is 14.6 Å². The minimum absolute atomic E-state index is 0.0762. The van der Waals surface area contributed by atoms with Gasteiger partial charge in [0.15, 0.2) is 11.9 Å². The van der Waals surface area contributed by atoms with Crippen molar-refractivity contribution in [2.24, 2.45) is 13.0 Å². The molecule has 5 heteroatoms. The smallest absolute Gasteiger partial charge is 0.345 e. The van der Waals surface area contributed by atoms with E-state index in [1.807, 2.05) is 0 Å². The van der Waals surface area contributed by atoms with Crippen LogP contribution in [-0.2, 0) is 11.8 Å². The van der Waals surface area contributed by atoms with Crippen LogP contribution in [0.2, 0.25) is 0 Å². The number of carbonyl (C=O) groups is 1. The van der Waals surface area contributed by atoms with Crippen molar-refractivity contribution in [3.63, 3.8) is 0 Å². The molecule has 0 radical (unpaired) electrons. The van der Waals surface area contributed by atoms with E-state index in [4.69, 9.17) is 9.84 Å². The van der Waals surface area contributed by atoms with Crippen LogP contribution < -0.4 is 4.74 Å². The molecule has 0 aliphatic rings. The summed E-state index contributed by atoms with van der Waals surface area (Å²) in [4.78, 5) is 10.8. The summed E-state index contributed by atoms with van der Waals surface area (Å²) >= 11 is 0. The molecule has 1 aromatic rings. The summed E-state index contributed by atoms with van der Waals surface area (Å²) in [5.74, 6) is -0.551. The van der Waals surface area contributed by atoms with Gasteiger partial charge in [-0.15, -0.1) is 0 Å². The van der Waals surface area contributed by atoms with E-state index in [9.17, 15) is 4.79 Å². The minimum atomic E-state index is -0.955. The fraction of sp³-hybridized carbons (Fsp3) is 0.556. The highest BCUT2D eigenvalue weighted by Gasteiger charge is 2.23. The molecule has 1 aromatic heterocycles. The highest BCUT2D eigenvalue weighted by molar-refractivity contribution is 5.73. The Morgan fingerprint density at radius 2 is 2.29 bits per heavy atom. The third-order valence-corrected chi connectivity index (χ3v) is 1.79. The second-order valence-electron chi connectivity index (χ2n) is 3.47. The molecular formula is C9H14N2O3. The second-order valence-corrected chi connectivity index (χ2v) is 3.47. The largest absolute Gasteiger partial charge is 0.478 e. The molecule has 0 aliphatic carbocycles. The fourth-order valence-corrected chi connectivity index (χ4v) is 1.08. The number of carboxylic acid groups (broad SMARTS) is 1. The summed E-state index contributed by atoms with van der Waals surface area (Å²) in [5.41, 5.74) is 0. The van der Waals surface area contributed by atoms with E-state index in [-0.39, 0.29) is 5.92 Å². The van der Waals surface area contributed by atoms with Gasteiger partial charge in [-0.25, -0.2) is 4.79 Å². The maximum Gasteiger partial charge on any atom is 0.345 e. The van der Waals surface area contributed by atoms with Crippen molar-refractivity contribution in [2.75, 3.05) is 0 Å². The Balaban J connectivity index is 2.69. The van der Waals surface area contributed by atoms with Gasteiger partial charge in [-0.3, -0.25) is 4.68 Å². The molecule has 0 amide bonds. The van der Waals surface area contributed by atoms with Crippen LogP contribution in [0.15, 0.2) is 12.4 Å². The lowest BCUT2D eigenvalue weighted by molar-refractivity contribution is -0.147. The standard InChI is InChI=1S/C9H14N2O3/c1-6(2)8(9(12)13)14-7-4-10-11(3)5-7/h4-6,8H,1-3H3,(H,12,13). The first-order chi connectivity index (χ1) is 6.50. The van der Waals surface area contributed by atoms with Gasteiger partial charge in [0.05, 0.1) is 12.4 Å². The molecule has 0 fully saturated rings. The average molecular weight is 198 g/mol. The number of ether oxygens (including phenoxy) is 1. The zero-order valence-electron chi connectivity index (χ0n) is 8.47. The van der Waals surface area contributed by atoms with Gasteiger partial charge in [-0.05, 0) is 0 Å². The van der Waals surface area contributed by atoms with Crippen molar-refractivity contribution >= 4 is 5.97 Å². The van der Waals surface area contributed by atoms with Gasteiger partial charge in [0.1, 0.15) is 0 Å². The molecule has 1 N–H and O–H groups in total. The van der Waals surface area contributed by atoms with Crippen molar-refractivity contribution in [1.29, 1.82) is 0 Å². The molecule has 78 valence electrons. The molecule has 1 heterocycles. The van der Waals surface area contributed by atoms with Gasteiger partial charge in [-0.1, -0.05) is 13.8 Å². The molecule has 1 atom stereocenters. The fourth-order valence-electron chi connectivity index (χ4n) is 1.08. The van der Waals surface area contributed by atoms with E-state index in [1.54, 1.807) is 31.8 Å². The molecule has 5 nitrogen and oxygen atoms in total. The molecule has 14 heavy (non-hydrogen) atoms. The van der Waals surface area contributed by atoms with Gasteiger partial charge < -0.3 is 9.84 Å². The summed E-state index contributed by atoms with van der Waals surface area (Å²) in [5, 5.41) is 12.7. The number of aromatic nitrogens is 2. The Morgan fingerprint density at radius 1 is 1.64 bits per heavy atom. The Bertz CT molecular complexity index is 320. The summed E-state index contributed by atoms with van der Waals surface area (Å²) < 4.78 is 6.84. The van der Waals surface area contributed by atoms with E-state index in [0.717, 1.165) is 0 Å². The first-order valence-electron chi connectivity index (χ1n) is 4.39. The predicted octanol–water partition coefficient (Wildman–Crippen LogP) is 0.908. The molecule has 0 spiro atoms. The first kappa shape index (κ1) is 10.6. The van der Waals surface area contributed by atoms with Gasteiger partial charge in [-0.2, -0.15) is 5.10 Å². The Hall–Kier alpha value is -1.52. The molecule has 1 unspecified atom stereocenters. The van der Waals surface area contributed by atoms with Crippen molar-refractivity contribution in [3.8, 4) is 5.75 Å². The lowest BCUT2D eigenvalue weighted by atomic mass is 10.1. The second kappa shape index (κ2) is 4.13. The van der Waals surface area contributed by atoms with E-state index < -0.39 is 12.1 Å². The number of rotatable bonds is 4. The summed E-state index contributed by atoms with van der Waals surface area (Å²) in [6, 6.07) is 0. The number of hydrogen-bond donors (Lipinski definition) is 1. The van der Waals surface area contributed by atoms with Crippen LogP contribution in [0.5, 0.6) is 5.75 Å². The summed E-state index contributed by atoms with van der Waals surface area (Å²) in [6.07, 6.45) is 2.32. The Morgan fingerprint density at radius 3 is 2.64 bits per heavy atom. The SMILES string of the molecule is CC(C)C(Oc1cnn(C)c1)C(=O)O. The lowest BCUT2D eigenvalue weighted by Gasteiger charge is -2.16. The number of hydrogen-bond acceptors (Lipinski definition) is 3. The minimum Gasteiger partial charge on any atom is -0.478 e. The van der Waals surface area contributed by atoms with Crippen molar-refractivity contribution in [1.82, 2.24) is 9.78 Å². The number of nitrogens with zero attached hydrogens (tertiary/aromatic N) is 2. The highest BCUT2D eigenvalue weighted by Crippen LogP contribution is 2.14. The van der Waals surface area contributed by atoms with E-state index in [0.29, 0.717) is 5.75 Å². The molecule has 0 bridgehead atoms. The van der Waals surface area contributed by atoms with Gasteiger partial charge >= 0.3 is 5.97 Å². The van der Waals surface area contributed by atoms with Crippen LogP contribution >= 0.6 is 0 Å². The first-order valence-corrected chi connectivity index (χ1v) is 4.39. The highest BCUT2D eigenvalue weighted by atomic mass is 16.5. The monoisotopic (exact) mass is 198 g/mol. The molecule has 0 aromatic carbocycles. The molecular weight excluding hydrogens is 184 g/mol.